The van der Waals surface area contributed by atoms with Crippen molar-refractivity contribution < 1.29 is 0 Å². The average molecular weight is 206 g/mol. The van der Waals surface area contributed by atoms with E-state index in [0.717, 1.165) is 24.6 Å². The van der Waals surface area contributed by atoms with Crippen molar-refractivity contribution in [1.29, 1.82) is 0 Å². The van der Waals surface area contributed by atoms with Crippen molar-refractivity contribution >= 4 is 0 Å². The van der Waals surface area contributed by atoms with Gasteiger partial charge < -0.3 is 14.9 Å². The van der Waals surface area contributed by atoms with Crippen molar-refractivity contribution in [2.45, 2.75) is 20.0 Å². The maximum atomic E-state index is 5.46. The Kier molecular flexibility index (Phi) is 2.77. The number of nitrogens with two attached hydrogens (primary N) is 1. The van der Waals surface area contributed by atoms with Crippen molar-refractivity contribution in [3.63, 3.8) is 0 Å². The van der Waals surface area contributed by atoms with Crippen molar-refractivity contribution in [2.75, 3.05) is 6.54 Å². The first-order chi connectivity index (χ1) is 7.35. The number of hydrogen-bond acceptors (Lipinski definition) is 4. The molecule has 6 nitrogen and oxygen atoms in total. The van der Waals surface area contributed by atoms with Gasteiger partial charge >= 0.3 is 0 Å². The first kappa shape index (κ1) is 9.85. The van der Waals surface area contributed by atoms with Gasteiger partial charge in [0.15, 0.2) is 5.82 Å². The molecule has 0 atom stereocenters. The Hall–Kier alpha value is -1.69. The fourth-order valence-corrected chi connectivity index (χ4v) is 1.43. The molecule has 6 heteroatoms. The predicted octanol–water partition coefficient (Wildman–Crippen LogP) is 0.120. The van der Waals surface area contributed by atoms with E-state index in [-0.39, 0.29) is 0 Å². The summed E-state index contributed by atoms with van der Waals surface area (Å²) in [7, 11) is 0. The van der Waals surface area contributed by atoms with E-state index in [1.807, 2.05) is 22.3 Å². The van der Waals surface area contributed by atoms with Crippen molar-refractivity contribution in [3.05, 3.63) is 18.9 Å². The maximum absolute atomic E-state index is 5.46. The molecule has 0 unspecified atom stereocenters. The topological polar surface area (TPSA) is 74.5 Å². The largest absolute Gasteiger partial charge is 0.335 e. The van der Waals surface area contributed by atoms with E-state index < -0.39 is 0 Å². The summed E-state index contributed by atoms with van der Waals surface area (Å²) in [4.78, 5) is 4.27. The molecule has 2 N–H and O–H groups in total. The van der Waals surface area contributed by atoms with E-state index in [2.05, 4.69) is 15.2 Å². The Labute approximate surface area is 87.8 Å². The Morgan fingerprint density at radius 3 is 3.00 bits per heavy atom. The van der Waals surface area contributed by atoms with Gasteiger partial charge in [0, 0.05) is 25.8 Å². The third-order valence-corrected chi connectivity index (χ3v) is 2.21. The van der Waals surface area contributed by atoms with Crippen LogP contribution in [0.5, 0.6) is 0 Å². The summed E-state index contributed by atoms with van der Waals surface area (Å²) < 4.78 is 3.90. The zero-order valence-electron chi connectivity index (χ0n) is 8.67. The molecule has 0 saturated carbocycles. The summed E-state index contributed by atoms with van der Waals surface area (Å²) in [6, 6.07) is 0. The predicted molar refractivity (Wildman–Crippen MR) is 56.0 cm³/mol. The van der Waals surface area contributed by atoms with E-state index in [9.17, 15) is 0 Å². The van der Waals surface area contributed by atoms with Gasteiger partial charge in [0.1, 0.15) is 12.0 Å². The number of rotatable bonds is 4. The second-order valence-electron chi connectivity index (χ2n) is 3.23. The normalized spacial score (nSPS) is 10.8. The molecule has 2 rings (SSSR count). The SMILES string of the molecule is CCn1cnnc1-c1cn(CCN)cn1. The van der Waals surface area contributed by atoms with Gasteiger partial charge in [-0.05, 0) is 6.92 Å². The smallest absolute Gasteiger partial charge is 0.183 e. The van der Waals surface area contributed by atoms with Gasteiger partial charge in [-0.3, -0.25) is 0 Å². The Morgan fingerprint density at radius 2 is 2.27 bits per heavy atom. The van der Waals surface area contributed by atoms with E-state index in [0.29, 0.717) is 6.54 Å². The standard InChI is InChI=1S/C9H14N6/c1-2-15-7-12-13-9(15)8-5-14(4-3-10)6-11-8/h5-7H,2-4,10H2,1H3. The molecule has 0 radical (unpaired) electrons. The summed E-state index contributed by atoms with van der Waals surface area (Å²) in [5.41, 5.74) is 6.30. The van der Waals surface area contributed by atoms with Crippen LogP contribution in [0.3, 0.4) is 0 Å². The van der Waals surface area contributed by atoms with Gasteiger partial charge in [-0.2, -0.15) is 0 Å². The van der Waals surface area contributed by atoms with Crippen LogP contribution in [0.15, 0.2) is 18.9 Å². The fourth-order valence-electron chi connectivity index (χ4n) is 1.43. The van der Waals surface area contributed by atoms with Crippen LogP contribution in [-0.4, -0.2) is 30.9 Å². The molecule has 0 bridgehead atoms. The highest BCUT2D eigenvalue weighted by Gasteiger charge is 2.08. The van der Waals surface area contributed by atoms with Crippen LogP contribution >= 0.6 is 0 Å². The second-order valence-corrected chi connectivity index (χ2v) is 3.23. The molecule has 0 amide bonds. The first-order valence-corrected chi connectivity index (χ1v) is 4.95. The van der Waals surface area contributed by atoms with Crippen LogP contribution in [0.2, 0.25) is 0 Å². The third kappa shape index (κ3) is 1.89. The number of hydrogen-bond donors (Lipinski definition) is 1. The van der Waals surface area contributed by atoms with Gasteiger partial charge in [-0.25, -0.2) is 4.98 Å². The molecule has 0 saturated heterocycles. The third-order valence-electron chi connectivity index (χ3n) is 2.21. The minimum absolute atomic E-state index is 0.607. The Balaban J connectivity index is 2.28. The minimum atomic E-state index is 0.607. The number of aryl methyl sites for hydroxylation is 1. The molecule has 0 aliphatic carbocycles. The molecule has 0 spiro atoms. The van der Waals surface area contributed by atoms with E-state index in [1.54, 1.807) is 12.7 Å². The molecular weight excluding hydrogens is 192 g/mol. The van der Waals surface area contributed by atoms with Crippen LogP contribution in [0.4, 0.5) is 0 Å². The lowest BCUT2D eigenvalue weighted by Gasteiger charge is -1.99. The van der Waals surface area contributed by atoms with Crippen LogP contribution in [0.25, 0.3) is 11.5 Å². The van der Waals surface area contributed by atoms with Crippen molar-refractivity contribution in [2.24, 2.45) is 5.73 Å². The van der Waals surface area contributed by atoms with Crippen LogP contribution < -0.4 is 5.73 Å². The summed E-state index contributed by atoms with van der Waals surface area (Å²) in [6.45, 7) is 4.26. The van der Waals surface area contributed by atoms with Crippen LogP contribution in [0.1, 0.15) is 6.92 Å². The fraction of sp³-hybridized carbons (Fsp3) is 0.444. The summed E-state index contributed by atoms with van der Waals surface area (Å²) in [5.74, 6) is 0.799. The molecule has 0 fully saturated rings. The maximum Gasteiger partial charge on any atom is 0.183 e. The summed E-state index contributed by atoms with van der Waals surface area (Å²) in [6.07, 6.45) is 5.40. The molecule has 15 heavy (non-hydrogen) atoms. The number of imidazole rings is 1. The molecule has 2 aromatic heterocycles. The van der Waals surface area contributed by atoms with E-state index in [1.165, 1.54) is 0 Å². The average Bonchev–Trinajstić information content (AvgIpc) is 2.84. The zero-order chi connectivity index (χ0) is 10.7. The van der Waals surface area contributed by atoms with Gasteiger partial charge in [0.05, 0.1) is 6.33 Å². The van der Waals surface area contributed by atoms with Gasteiger partial charge in [-0.15, -0.1) is 10.2 Å². The highest BCUT2D eigenvalue weighted by molar-refractivity contribution is 5.47. The molecule has 80 valence electrons. The lowest BCUT2D eigenvalue weighted by molar-refractivity contribution is 0.707. The van der Waals surface area contributed by atoms with E-state index in [4.69, 9.17) is 5.73 Å². The van der Waals surface area contributed by atoms with Crippen LogP contribution in [-0.2, 0) is 13.1 Å². The van der Waals surface area contributed by atoms with Gasteiger partial charge in [0.2, 0.25) is 0 Å². The monoisotopic (exact) mass is 206 g/mol. The first-order valence-electron chi connectivity index (χ1n) is 4.95. The number of nitrogens with zero attached hydrogens (tertiary/aromatic N) is 5. The second kappa shape index (κ2) is 4.22. The van der Waals surface area contributed by atoms with E-state index >= 15 is 0 Å². The zero-order valence-corrected chi connectivity index (χ0v) is 8.67. The van der Waals surface area contributed by atoms with Crippen LogP contribution in [0, 0.1) is 0 Å². The molecule has 0 aliphatic heterocycles. The Morgan fingerprint density at radius 1 is 1.40 bits per heavy atom. The highest BCUT2D eigenvalue weighted by Crippen LogP contribution is 2.13. The molecular formula is C9H14N6. The summed E-state index contributed by atoms with van der Waals surface area (Å²) in [5, 5.41) is 7.90. The number of aromatic nitrogens is 5. The summed E-state index contributed by atoms with van der Waals surface area (Å²) >= 11 is 0. The van der Waals surface area contributed by atoms with Gasteiger partial charge in [0.25, 0.3) is 0 Å². The van der Waals surface area contributed by atoms with Crippen molar-refractivity contribution in [1.82, 2.24) is 24.3 Å². The molecule has 2 aromatic rings. The minimum Gasteiger partial charge on any atom is -0.335 e. The lowest BCUT2D eigenvalue weighted by Crippen LogP contribution is -2.07. The molecule has 0 aliphatic rings. The lowest BCUT2D eigenvalue weighted by atomic mass is 10.4. The van der Waals surface area contributed by atoms with Gasteiger partial charge in [-0.1, -0.05) is 0 Å². The highest BCUT2D eigenvalue weighted by atomic mass is 15.3. The Bertz CT molecular complexity index is 429. The molecule has 2 heterocycles. The van der Waals surface area contributed by atoms with Crippen molar-refractivity contribution in [3.8, 4) is 11.5 Å². The molecule has 0 aromatic carbocycles. The quantitative estimate of drug-likeness (QED) is 0.771.